The molecule has 3 rings (SSSR count). The summed E-state index contributed by atoms with van der Waals surface area (Å²) in [6.45, 7) is 0. The van der Waals surface area contributed by atoms with Crippen molar-refractivity contribution in [1.29, 1.82) is 0 Å². The molecule has 1 aromatic heterocycles. The fraction of sp³-hybridized carbons (Fsp3) is 0.500. The Labute approximate surface area is 97.6 Å². The quantitative estimate of drug-likeness (QED) is 0.483. The van der Waals surface area contributed by atoms with Gasteiger partial charge < -0.3 is 10.5 Å². The molecule has 17 heavy (non-hydrogen) atoms. The fourth-order valence-electron chi connectivity index (χ4n) is 2.85. The molecule has 7 heteroatoms. The van der Waals surface area contributed by atoms with Crippen molar-refractivity contribution in [1.82, 2.24) is 15.1 Å². The second-order valence-corrected chi connectivity index (χ2v) is 4.42. The third-order valence-electron chi connectivity index (χ3n) is 3.56. The van der Waals surface area contributed by atoms with Crippen LogP contribution in [0, 0.1) is 0 Å². The number of rotatable bonds is 1. The van der Waals surface area contributed by atoms with Crippen LogP contribution in [0.2, 0.25) is 0 Å². The van der Waals surface area contributed by atoms with Crippen LogP contribution in [0.25, 0.3) is 0 Å². The lowest BCUT2D eigenvalue weighted by atomic mass is 9.99. The largest absolute Gasteiger partial charge is 0.465 e. The molecule has 0 saturated carbocycles. The molecule has 2 aliphatic heterocycles. The molecule has 3 heterocycles. The number of amides is 1. The average Bonchev–Trinajstić information content (AvgIpc) is 2.66. The third kappa shape index (κ3) is 1.42. The number of hydrazine groups is 1. The smallest absolute Gasteiger partial charge is 0.408 e. The topological polar surface area (TPSA) is 104 Å². The lowest BCUT2D eigenvalue weighted by Crippen LogP contribution is -2.41. The number of nitrogens with one attached hydrogen (secondary N) is 1. The van der Waals surface area contributed by atoms with E-state index in [9.17, 15) is 9.90 Å². The Hall–Kier alpha value is -1.89. The predicted molar refractivity (Wildman–Crippen MR) is 59.2 cm³/mol. The normalized spacial score (nSPS) is 25.6. The van der Waals surface area contributed by atoms with Gasteiger partial charge in [0.1, 0.15) is 0 Å². The number of hydrogen-bond donors (Lipinski definition) is 3. The maximum atomic E-state index is 11.2. The van der Waals surface area contributed by atoms with Crippen LogP contribution in [0.1, 0.15) is 30.1 Å². The summed E-state index contributed by atoms with van der Waals surface area (Å²) < 4.78 is 0. The molecule has 0 spiro atoms. The van der Waals surface area contributed by atoms with Crippen molar-refractivity contribution in [3.8, 4) is 0 Å². The molecule has 1 aromatic rings. The molecule has 1 amide bonds. The number of carboxylic acid groups (broad SMARTS) is 1. The second kappa shape index (κ2) is 3.56. The van der Waals surface area contributed by atoms with Crippen molar-refractivity contribution < 1.29 is 9.90 Å². The standard InChI is InChI=1S/C10H13N5O2/c11-12-9-4-6-7(13-14-9)3-5-1-2-8(6)15(5)10(16)17/h4-5,8H,1-3,11H2,(H,12,14)(H,16,17). The SMILES string of the molecule is NNc1cc2c(nn1)CC1CCC2N1C(=O)O. The average molecular weight is 235 g/mol. The van der Waals surface area contributed by atoms with Crippen molar-refractivity contribution in [2.75, 3.05) is 5.43 Å². The zero-order valence-electron chi connectivity index (χ0n) is 9.13. The number of fused-ring (bicyclic) bond motifs is 4. The van der Waals surface area contributed by atoms with Gasteiger partial charge in [0.05, 0.1) is 11.7 Å². The molecule has 90 valence electrons. The molecule has 2 atom stereocenters. The highest BCUT2D eigenvalue weighted by atomic mass is 16.4. The van der Waals surface area contributed by atoms with Gasteiger partial charge in [-0.1, -0.05) is 0 Å². The van der Waals surface area contributed by atoms with E-state index in [0.29, 0.717) is 12.2 Å². The molecule has 2 unspecified atom stereocenters. The van der Waals surface area contributed by atoms with E-state index in [4.69, 9.17) is 5.84 Å². The minimum absolute atomic E-state index is 0.0518. The van der Waals surface area contributed by atoms with Crippen molar-refractivity contribution >= 4 is 11.9 Å². The van der Waals surface area contributed by atoms with E-state index in [-0.39, 0.29) is 12.1 Å². The summed E-state index contributed by atoms with van der Waals surface area (Å²) in [5, 5.41) is 17.3. The summed E-state index contributed by atoms with van der Waals surface area (Å²) in [6.07, 6.45) is 1.52. The van der Waals surface area contributed by atoms with Crippen LogP contribution in [0.3, 0.4) is 0 Å². The molecule has 1 fully saturated rings. The van der Waals surface area contributed by atoms with Crippen LogP contribution in [0.4, 0.5) is 10.6 Å². The first kappa shape index (κ1) is 10.3. The Bertz CT molecular complexity index is 478. The Kier molecular flexibility index (Phi) is 2.15. The summed E-state index contributed by atoms with van der Waals surface area (Å²) >= 11 is 0. The van der Waals surface area contributed by atoms with E-state index >= 15 is 0 Å². The monoisotopic (exact) mass is 235 g/mol. The van der Waals surface area contributed by atoms with Gasteiger partial charge in [-0.3, -0.25) is 4.90 Å². The molecule has 0 radical (unpaired) electrons. The van der Waals surface area contributed by atoms with E-state index in [1.807, 2.05) is 0 Å². The summed E-state index contributed by atoms with van der Waals surface area (Å²) in [4.78, 5) is 12.8. The van der Waals surface area contributed by atoms with Gasteiger partial charge in [-0.15, -0.1) is 5.10 Å². The molecule has 0 aliphatic carbocycles. The maximum absolute atomic E-state index is 11.2. The van der Waals surface area contributed by atoms with Gasteiger partial charge in [-0.25, -0.2) is 10.6 Å². The highest BCUT2D eigenvalue weighted by Crippen LogP contribution is 2.43. The van der Waals surface area contributed by atoms with Crippen LogP contribution in [-0.4, -0.2) is 32.3 Å². The third-order valence-corrected chi connectivity index (χ3v) is 3.56. The Balaban J connectivity index is 2.06. The van der Waals surface area contributed by atoms with E-state index in [1.54, 1.807) is 6.07 Å². The van der Waals surface area contributed by atoms with E-state index < -0.39 is 6.09 Å². The van der Waals surface area contributed by atoms with Crippen molar-refractivity contribution in [3.05, 3.63) is 17.3 Å². The zero-order chi connectivity index (χ0) is 12.0. The van der Waals surface area contributed by atoms with Gasteiger partial charge in [-0.2, -0.15) is 5.10 Å². The van der Waals surface area contributed by atoms with Gasteiger partial charge in [0.15, 0.2) is 5.82 Å². The molecule has 2 bridgehead atoms. The number of nitrogen functional groups attached to an aromatic ring is 1. The number of nitrogens with zero attached hydrogens (tertiary/aromatic N) is 3. The van der Waals surface area contributed by atoms with E-state index in [1.165, 1.54) is 4.90 Å². The van der Waals surface area contributed by atoms with Crippen LogP contribution in [-0.2, 0) is 6.42 Å². The van der Waals surface area contributed by atoms with Crippen LogP contribution >= 0.6 is 0 Å². The molecule has 0 aromatic carbocycles. The number of hydrogen-bond acceptors (Lipinski definition) is 5. The molecule has 2 aliphatic rings. The highest BCUT2D eigenvalue weighted by Gasteiger charge is 2.43. The Morgan fingerprint density at radius 1 is 1.53 bits per heavy atom. The van der Waals surface area contributed by atoms with Gasteiger partial charge in [0.25, 0.3) is 0 Å². The van der Waals surface area contributed by atoms with Crippen molar-refractivity contribution in [2.24, 2.45) is 5.84 Å². The first-order valence-corrected chi connectivity index (χ1v) is 5.55. The number of anilines is 1. The van der Waals surface area contributed by atoms with Gasteiger partial charge >= 0.3 is 6.09 Å². The van der Waals surface area contributed by atoms with Gasteiger partial charge in [0, 0.05) is 18.0 Å². The predicted octanol–water partition coefficient (Wildman–Crippen LogP) is 0.502. The lowest BCUT2D eigenvalue weighted by molar-refractivity contribution is 0.116. The summed E-state index contributed by atoms with van der Waals surface area (Å²) in [7, 11) is 0. The minimum Gasteiger partial charge on any atom is -0.465 e. The van der Waals surface area contributed by atoms with Crippen LogP contribution in [0.5, 0.6) is 0 Å². The minimum atomic E-state index is -0.859. The Morgan fingerprint density at radius 2 is 2.35 bits per heavy atom. The summed E-state index contributed by atoms with van der Waals surface area (Å²) in [6, 6.07) is 1.75. The van der Waals surface area contributed by atoms with Crippen molar-refractivity contribution in [2.45, 2.75) is 31.3 Å². The first-order valence-electron chi connectivity index (χ1n) is 5.55. The second-order valence-electron chi connectivity index (χ2n) is 4.42. The van der Waals surface area contributed by atoms with Gasteiger partial charge in [-0.05, 0) is 18.9 Å². The molecular formula is C10H13N5O2. The van der Waals surface area contributed by atoms with E-state index in [2.05, 4.69) is 15.6 Å². The van der Waals surface area contributed by atoms with E-state index in [0.717, 1.165) is 24.1 Å². The summed E-state index contributed by atoms with van der Waals surface area (Å²) in [5.74, 6) is 5.76. The molecular weight excluding hydrogens is 222 g/mol. The number of nitrogens with two attached hydrogens (primary N) is 1. The number of carbonyl (C=O) groups is 1. The molecule has 1 saturated heterocycles. The highest BCUT2D eigenvalue weighted by molar-refractivity contribution is 5.68. The molecule has 4 N–H and O–H groups in total. The van der Waals surface area contributed by atoms with Gasteiger partial charge in [0.2, 0.25) is 0 Å². The first-order chi connectivity index (χ1) is 8.20. The van der Waals surface area contributed by atoms with Crippen LogP contribution in [0.15, 0.2) is 6.07 Å². The Morgan fingerprint density at radius 3 is 3.06 bits per heavy atom. The molecule has 7 nitrogen and oxygen atoms in total. The number of aromatic nitrogens is 2. The van der Waals surface area contributed by atoms with Crippen molar-refractivity contribution in [3.63, 3.8) is 0 Å². The lowest BCUT2D eigenvalue weighted by Gasteiger charge is -2.33. The maximum Gasteiger partial charge on any atom is 0.408 e. The fourth-order valence-corrected chi connectivity index (χ4v) is 2.85. The van der Waals surface area contributed by atoms with Crippen LogP contribution < -0.4 is 11.3 Å². The zero-order valence-corrected chi connectivity index (χ0v) is 9.13. The summed E-state index contributed by atoms with van der Waals surface area (Å²) in [5.41, 5.74) is 4.27.